The average molecular weight is 275 g/mol. The van der Waals surface area contributed by atoms with E-state index in [1.807, 2.05) is 0 Å². The second-order valence-electron chi connectivity index (χ2n) is 5.87. The van der Waals surface area contributed by atoms with E-state index >= 15 is 0 Å². The lowest BCUT2D eigenvalue weighted by Crippen LogP contribution is -2.32. The van der Waals surface area contributed by atoms with E-state index in [1.165, 1.54) is 70.6 Å². The summed E-state index contributed by atoms with van der Waals surface area (Å²) in [5.74, 6) is 0.738. The van der Waals surface area contributed by atoms with Crippen LogP contribution in [0.3, 0.4) is 0 Å². The number of halogens is 1. The fraction of sp³-hybridized carbons (Fsp3) is 1.00. The van der Waals surface area contributed by atoms with E-state index in [2.05, 4.69) is 27.7 Å². The second kappa shape index (κ2) is 11.1. The van der Waals surface area contributed by atoms with Gasteiger partial charge in [-0.15, -0.1) is 11.6 Å². The van der Waals surface area contributed by atoms with Crippen LogP contribution in [-0.4, -0.2) is 4.87 Å². The van der Waals surface area contributed by atoms with Crippen LogP contribution in [0.1, 0.15) is 98.3 Å². The first-order chi connectivity index (χ1) is 8.64. The molecule has 0 nitrogen and oxygen atoms in total. The molecule has 110 valence electrons. The fourth-order valence-corrected chi connectivity index (χ4v) is 3.42. The molecule has 0 saturated carbocycles. The van der Waals surface area contributed by atoms with Crippen LogP contribution < -0.4 is 0 Å². The summed E-state index contributed by atoms with van der Waals surface area (Å²) in [6, 6.07) is 0. The molecule has 0 spiro atoms. The van der Waals surface area contributed by atoms with Gasteiger partial charge < -0.3 is 0 Å². The van der Waals surface area contributed by atoms with Crippen LogP contribution in [0.5, 0.6) is 0 Å². The molecule has 1 unspecified atom stereocenters. The molecule has 0 fully saturated rings. The zero-order chi connectivity index (χ0) is 13.9. The second-order valence-corrected chi connectivity index (χ2v) is 6.62. The monoisotopic (exact) mass is 274 g/mol. The van der Waals surface area contributed by atoms with Gasteiger partial charge in [-0.05, 0) is 31.6 Å². The van der Waals surface area contributed by atoms with Gasteiger partial charge in [-0.25, -0.2) is 0 Å². The van der Waals surface area contributed by atoms with Gasteiger partial charge in [-0.1, -0.05) is 72.6 Å². The van der Waals surface area contributed by atoms with Crippen molar-refractivity contribution in [3.8, 4) is 0 Å². The summed E-state index contributed by atoms with van der Waals surface area (Å²) in [5, 5.41) is 0. The van der Waals surface area contributed by atoms with Gasteiger partial charge in [0.05, 0.1) is 0 Å². The molecule has 0 aromatic rings. The van der Waals surface area contributed by atoms with Gasteiger partial charge >= 0.3 is 0 Å². The third kappa shape index (κ3) is 7.02. The highest BCUT2D eigenvalue weighted by Crippen LogP contribution is 2.41. The van der Waals surface area contributed by atoms with Gasteiger partial charge in [-0.3, -0.25) is 0 Å². The Morgan fingerprint density at radius 2 is 1.22 bits per heavy atom. The SMILES string of the molecule is CCCCC(CCC)C(Cl)(CCCC)CCCC. The van der Waals surface area contributed by atoms with Gasteiger partial charge in [0, 0.05) is 4.87 Å². The maximum atomic E-state index is 7.08. The van der Waals surface area contributed by atoms with Crippen molar-refractivity contribution in [1.29, 1.82) is 0 Å². The van der Waals surface area contributed by atoms with Crippen molar-refractivity contribution in [1.82, 2.24) is 0 Å². The van der Waals surface area contributed by atoms with Gasteiger partial charge in [-0.2, -0.15) is 0 Å². The molecule has 0 amide bonds. The third-order valence-corrected chi connectivity index (χ3v) is 4.85. The minimum absolute atomic E-state index is 0.0944. The van der Waals surface area contributed by atoms with E-state index in [1.54, 1.807) is 0 Å². The summed E-state index contributed by atoms with van der Waals surface area (Å²) in [4.78, 5) is 0.0944. The molecular formula is C17H35Cl. The van der Waals surface area contributed by atoms with Crippen LogP contribution in [-0.2, 0) is 0 Å². The molecule has 0 heterocycles. The van der Waals surface area contributed by atoms with E-state index in [-0.39, 0.29) is 4.87 Å². The highest BCUT2D eigenvalue weighted by molar-refractivity contribution is 6.24. The Morgan fingerprint density at radius 3 is 1.61 bits per heavy atom. The lowest BCUT2D eigenvalue weighted by atomic mass is 9.78. The third-order valence-electron chi connectivity index (χ3n) is 4.17. The number of hydrogen-bond donors (Lipinski definition) is 0. The zero-order valence-corrected chi connectivity index (χ0v) is 14.0. The van der Waals surface area contributed by atoms with Crippen LogP contribution in [0, 0.1) is 5.92 Å². The predicted octanol–water partition coefficient (Wildman–Crippen LogP) is 6.95. The first-order valence-electron chi connectivity index (χ1n) is 8.33. The van der Waals surface area contributed by atoms with Gasteiger partial charge in [0.25, 0.3) is 0 Å². The van der Waals surface area contributed by atoms with Gasteiger partial charge in [0.2, 0.25) is 0 Å². The lowest BCUT2D eigenvalue weighted by Gasteiger charge is -2.36. The van der Waals surface area contributed by atoms with Crippen molar-refractivity contribution in [2.45, 2.75) is 103 Å². The fourth-order valence-electron chi connectivity index (χ4n) is 2.94. The predicted molar refractivity (Wildman–Crippen MR) is 85.6 cm³/mol. The summed E-state index contributed by atoms with van der Waals surface area (Å²) >= 11 is 7.08. The van der Waals surface area contributed by atoms with Crippen LogP contribution in [0.15, 0.2) is 0 Å². The van der Waals surface area contributed by atoms with Crippen LogP contribution in [0.25, 0.3) is 0 Å². The quantitative estimate of drug-likeness (QED) is 0.338. The number of hydrogen-bond acceptors (Lipinski definition) is 0. The topological polar surface area (TPSA) is 0 Å². The number of unbranched alkanes of at least 4 members (excludes halogenated alkanes) is 3. The average Bonchev–Trinajstić information content (AvgIpc) is 2.38. The smallest absolute Gasteiger partial charge is 0.0475 e. The van der Waals surface area contributed by atoms with E-state index in [0.29, 0.717) is 0 Å². The first-order valence-corrected chi connectivity index (χ1v) is 8.71. The molecule has 0 N–H and O–H groups in total. The van der Waals surface area contributed by atoms with Crippen molar-refractivity contribution in [3.63, 3.8) is 0 Å². The molecule has 0 bridgehead atoms. The lowest BCUT2D eigenvalue weighted by molar-refractivity contribution is 0.274. The summed E-state index contributed by atoms with van der Waals surface area (Å²) in [5.41, 5.74) is 0. The van der Waals surface area contributed by atoms with Crippen molar-refractivity contribution >= 4 is 11.6 Å². The van der Waals surface area contributed by atoms with E-state index in [9.17, 15) is 0 Å². The molecule has 0 rings (SSSR count). The van der Waals surface area contributed by atoms with Crippen LogP contribution in [0.4, 0.5) is 0 Å². The summed E-state index contributed by atoms with van der Waals surface area (Å²) < 4.78 is 0. The Bertz CT molecular complexity index is 168. The van der Waals surface area contributed by atoms with Gasteiger partial charge in [0.15, 0.2) is 0 Å². The van der Waals surface area contributed by atoms with E-state index in [4.69, 9.17) is 11.6 Å². The normalized spacial score (nSPS) is 13.8. The molecule has 1 atom stereocenters. The largest absolute Gasteiger partial charge is 0.119 e. The van der Waals surface area contributed by atoms with E-state index < -0.39 is 0 Å². The molecule has 0 aromatic heterocycles. The summed E-state index contributed by atoms with van der Waals surface area (Å²) in [6.07, 6.45) is 14.1. The molecule has 0 aliphatic rings. The molecule has 0 aliphatic carbocycles. The van der Waals surface area contributed by atoms with Crippen LogP contribution >= 0.6 is 11.6 Å². The van der Waals surface area contributed by atoms with Crippen molar-refractivity contribution in [2.75, 3.05) is 0 Å². The minimum Gasteiger partial charge on any atom is -0.119 e. The zero-order valence-electron chi connectivity index (χ0n) is 13.2. The van der Waals surface area contributed by atoms with Crippen molar-refractivity contribution in [3.05, 3.63) is 0 Å². The molecule has 0 radical (unpaired) electrons. The summed E-state index contributed by atoms with van der Waals surface area (Å²) in [6.45, 7) is 9.14. The minimum atomic E-state index is 0.0944. The first kappa shape index (κ1) is 18.3. The molecule has 18 heavy (non-hydrogen) atoms. The van der Waals surface area contributed by atoms with E-state index in [0.717, 1.165) is 5.92 Å². The Hall–Kier alpha value is 0.290. The Balaban J connectivity index is 4.59. The highest BCUT2D eigenvalue weighted by atomic mass is 35.5. The molecule has 0 aliphatic heterocycles. The molecule has 1 heteroatoms. The number of rotatable bonds is 12. The molecular weight excluding hydrogens is 240 g/mol. The maximum Gasteiger partial charge on any atom is 0.0475 e. The Kier molecular flexibility index (Phi) is 11.3. The summed E-state index contributed by atoms with van der Waals surface area (Å²) in [7, 11) is 0. The molecule has 0 aromatic carbocycles. The van der Waals surface area contributed by atoms with Crippen molar-refractivity contribution < 1.29 is 0 Å². The highest BCUT2D eigenvalue weighted by Gasteiger charge is 2.34. The maximum absolute atomic E-state index is 7.08. The van der Waals surface area contributed by atoms with Crippen LogP contribution in [0.2, 0.25) is 0 Å². The molecule has 0 saturated heterocycles. The number of alkyl halides is 1. The Morgan fingerprint density at radius 1 is 0.722 bits per heavy atom. The van der Waals surface area contributed by atoms with Crippen molar-refractivity contribution in [2.24, 2.45) is 5.92 Å². The van der Waals surface area contributed by atoms with Gasteiger partial charge in [0.1, 0.15) is 0 Å². The Labute approximate surface area is 121 Å². The standard InChI is InChI=1S/C17H35Cl/c1-5-9-13-16(12-8-4)17(18,14-10-6-2)15-11-7-3/h16H,5-15H2,1-4H3.